The summed E-state index contributed by atoms with van der Waals surface area (Å²) in [6, 6.07) is 1.63. The van der Waals surface area contributed by atoms with E-state index >= 15 is 0 Å². The number of aromatic nitrogens is 1. The summed E-state index contributed by atoms with van der Waals surface area (Å²) in [7, 11) is 1.57. The van der Waals surface area contributed by atoms with Crippen LogP contribution in [0.1, 0.15) is 35.5 Å². The molecule has 21 heavy (non-hydrogen) atoms. The summed E-state index contributed by atoms with van der Waals surface area (Å²) in [5.74, 6) is 0.461. The van der Waals surface area contributed by atoms with Crippen LogP contribution in [0.2, 0.25) is 0 Å². The monoisotopic (exact) mass is 297 g/mol. The number of carbonyl (C=O) groups is 1. The molecule has 7 heteroatoms. The first-order valence-electron chi connectivity index (χ1n) is 7.30. The number of ether oxygens (including phenoxy) is 2. The van der Waals surface area contributed by atoms with Crippen molar-refractivity contribution in [1.82, 2.24) is 10.1 Å². The SMILES string of the molecule is COCc1cc(C(=O)N2CCC(OCCCN)CC2)no1. The van der Waals surface area contributed by atoms with Crippen molar-refractivity contribution in [1.29, 1.82) is 0 Å². The van der Waals surface area contributed by atoms with Gasteiger partial charge in [0.2, 0.25) is 0 Å². The summed E-state index contributed by atoms with van der Waals surface area (Å²) < 4.78 is 15.7. The Balaban J connectivity index is 1.79. The van der Waals surface area contributed by atoms with Gasteiger partial charge >= 0.3 is 0 Å². The summed E-state index contributed by atoms with van der Waals surface area (Å²) in [6.45, 7) is 3.01. The predicted octanol–water partition coefficient (Wildman–Crippen LogP) is 0.791. The third kappa shape index (κ3) is 4.52. The third-order valence-electron chi connectivity index (χ3n) is 3.50. The Morgan fingerprint density at radius 2 is 2.29 bits per heavy atom. The zero-order chi connectivity index (χ0) is 15.1. The maximum atomic E-state index is 12.3. The van der Waals surface area contributed by atoms with Gasteiger partial charge in [-0.25, -0.2) is 0 Å². The van der Waals surface area contributed by atoms with Crippen LogP contribution >= 0.6 is 0 Å². The lowest BCUT2D eigenvalue weighted by atomic mass is 10.1. The third-order valence-corrected chi connectivity index (χ3v) is 3.50. The molecule has 2 rings (SSSR count). The van der Waals surface area contributed by atoms with E-state index in [0.29, 0.717) is 44.3 Å². The highest BCUT2D eigenvalue weighted by molar-refractivity contribution is 5.92. The van der Waals surface area contributed by atoms with E-state index < -0.39 is 0 Å². The standard InChI is InChI=1S/C14H23N3O4/c1-19-10-12-9-13(16-21-12)14(18)17-6-3-11(4-7-17)20-8-2-5-15/h9,11H,2-8,10,15H2,1H3. The van der Waals surface area contributed by atoms with E-state index in [1.807, 2.05) is 0 Å². The van der Waals surface area contributed by atoms with E-state index in [9.17, 15) is 4.79 Å². The van der Waals surface area contributed by atoms with E-state index in [1.165, 1.54) is 0 Å². The molecular formula is C14H23N3O4. The summed E-state index contributed by atoms with van der Waals surface area (Å²) >= 11 is 0. The van der Waals surface area contributed by atoms with E-state index in [0.717, 1.165) is 19.3 Å². The second-order valence-corrected chi connectivity index (χ2v) is 5.12. The van der Waals surface area contributed by atoms with Crippen molar-refractivity contribution in [3.63, 3.8) is 0 Å². The highest BCUT2D eigenvalue weighted by Gasteiger charge is 2.25. The van der Waals surface area contributed by atoms with Crippen LogP contribution in [0.3, 0.4) is 0 Å². The molecule has 0 saturated carbocycles. The maximum absolute atomic E-state index is 12.3. The number of nitrogens with two attached hydrogens (primary N) is 1. The van der Waals surface area contributed by atoms with Crippen LogP contribution in [0.5, 0.6) is 0 Å². The van der Waals surface area contributed by atoms with Gasteiger partial charge in [-0.05, 0) is 25.8 Å². The first-order chi connectivity index (χ1) is 10.2. The molecule has 0 radical (unpaired) electrons. The molecule has 1 aliphatic heterocycles. The highest BCUT2D eigenvalue weighted by atomic mass is 16.5. The number of carbonyl (C=O) groups excluding carboxylic acids is 1. The van der Waals surface area contributed by atoms with E-state index in [4.69, 9.17) is 19.7 Å². The van der Waals surface area contributed by atoms with Gasteiger partial charge < -0.3 is 24.6 Å². The lowest BCUT2D eigenvalue weighted by molar-refractivity contribution is 0.00819. The summed E-state index contributed by atoms with van der Waals surface area (Å²) in [6.07, 6.45) is 2.79. The van der Waals surface area contributed by atoms with Gasteiger partial charge in [-0.3, -0.25) is 4.79 Å². The molecule has 1 aliphatic rings. The van der Waals surface area contributed by atoms with Crippen molar-refractivity contribution in [3.8, 4) is 0 Å². The molecule has 1 fully saturated rings. The number of hydrogen-bond acceptors (Lipinski definition) is 6. The van der Waals surface area contributed by atoms with Crippen molar-refractivity contribution in [2.24, 2.45) is 5.73 Å². The number of hydrogen-bond donors (Lipinski definition) is 1. The molecule has 1 aromatic rings. The predicted molar refractivity (Wildman–Crippen MR) is 75.8 cm³/mol. The van der Waals surface area contributed by atoms with Gasteiger partial charge in [0, 0.05) is 32.9 Å². The second-order valence-electron chi connectivity index (χ2n) is 5.12. The molecule has 0 atom stereocenters. The lowest BCUT2D eigenvalue weighted by Gasteiger charge is -2.31. The van der Waals surface area contributed by atoms with Crippen molar-refractivity contribution in [2.45, 2.75) is 32.0 Å². The lowest BCUT2D eigenvalue weighted by Crippen LogP contribution is -2.41. The summed E-state index contributed by atoms with van der Waals surface area (Å²) in [5, 5.41) is 3.80. The smallest absolute Gasteiger partial charge is 0.276 e. The van der Waals surface area contributed by atoms with Crippen LogP contribution in [0.25, 0.3) is 0 Å². The molecule has 7 nitrogen and oxygen atoms in total. The largest absolute Gasteiger partial charge is 0.378 e. The van der Waals surface area contributed by atoms with Gasteiger partial charge in [0.05, 0.1) is 6.10 Å². The average Bonchev–Trinajstić information content (AvgIpc) is 2.97. The van der Waals surface area contributed by atoms with Gasteiger partial charge in [0.1, 0.15) is 6.61 Å². The van der Waals surface area contributed by atoms with Crippen molar-refractivity contribution in [2.75, 3.05) is 33.4 Å². The fraction of sp³-hybridized carbons (Fsp3) is 0.714. The molecule has 1 saturated heterocycles. The van der Waals surface area contributed by atoms with Crippen molar-refractivity contribution in [3.05, 3.63) is 17.5 Å². The molecular weight excluding hydrogens is 274 g/mol. The minimum Gasteiger partial charge on any atom is -0.378 e. The Morgan fingerprint density at radius 3 is 2.95 bits per heavy atom. The second kappa shape index (κ2) is 8.11. The molecule has 0 bridgehead atoms. The number of amides is 1. The molecule has 1 aromatic heterocycles. The molecule has 1 amide bonds. The summed E-state index contributed by atoms with van der Waals surface area (Å²) in [5.41, 5.74) is 5.77. The Hall–Kier alpha value is -1.44. The Labute approximate surface area is 124 Å². The number of likely N-dealkylation sites (tertiary alicyclic amines) is 1. The summed E-state index contributed by atoms with van der Waals surface area (Å²) in [4.78, 5) is 14.1. The zero-order valence-electron chi connectivity index (χ0n) is 12.4. The molecule has 0 unspecified atom stereocenters. The quantitative estimate of drug-likeness (QED) is 0.748. The topological polar surface area (TPSA) is 90.8 Å². The van der Waals surface area contributed by atoms with Gasteiger partial charge in [-0.15, -0.1) is 0 Å². The highest BCUT2D eigenvalue weighted by Crippen LogP contribution is 2.17. The minimum atomic E-state index is -0.0958. The molecule has 0 aliphatic carbocycles. The van der Waals surface area contributed by atoms with Crippen LogP contribution in [-0.2, 0) is 16.1 Å². The average molecular weight is 297 g/mol. The minimum absolute atomic E-state index is 0.0958. The zero-order valence-corrected chi connectivity index (χ0v) is 12.4. The molecule has 118 valence electrons. The molecule has 0 aromatic carbocycles. The van der Waals surface area contributed by atoms with Crippen LogP contribution in [0.4, 0.5) is 0 Å². The number of rotatable bonds is 7. The van der Waals surface area contributed by atoms with Gasteiger partial charge in [-0.1, -0.05) is 5.16 Å². The van der Waals surface area contributed by atoms with E-state index in [1.54, 1.807) is 18.1 Å². The molecule has 2 heterocycles. The Bertz CT molecular complexity index is 441. The van der Waals surface area contributed by atoms with Crippen LogP contribution < -0.4 is 5.73 Å². The number of nitrogens with zero attached hydrogens (tertiary/aromatic N) is 2. The fourth-order valence-electron chi connectivity index (χ4n) is 2.34. The maximum Gasteiger partial charge on any atom is 0.276 e. The van der Waals surface area contributed by atoms with Gasteiger partial charge in [0.15, 0.2) is 11.5 Å². The Morgan fingerprint density at radius 1 is 1.52 bits per heavy atom. The van der Waals surface area contributed by atoms with Crippen molar-refractivity contribution >= 4 is 5.91 Å². The van der Waals surface area contributed by atoms with Crippen LogP contribution in [0.15, 0.2) is 10.6 Å². The first kappa shape index (κ1) is 15.9. The molecule has 0 spiro atoms. The normalized spacial score (nSPS) is 16.4. The number of methoxy groups -OCH3 is 1. The van der Waals surface area contributed by atoms with E-state index in [2.05, 4.69) is 5.16 Å². The first-order valence-corrected chi connectivity index (χ1v) is 7.30. The van der Waals surface area contributed by atoms with Crippen LogP contribution in [0, 0.1) is 0 Å². The fourth-order valence-corrected chi connectivity index (χ4v) is 2.34. The molecule has 2 N–H and O–H groups in total. The van der Waals surface area contributed by atoms with Crippen LogP contribution in [-0.4, -0.2) is 55.4 Å². The van der Waals surface area contributed by atoms with Gasteiger partial charge in [-0.2, -0.15) is 0 Å². The Kier molecular flexibility index (Phi) is 6.16. The number of piperidine rings is 1. The van der Waals surface area contributed by atoms with E-state index in [-0.39, 0.29) is 12.0 Å². The van der Waals surface area contributed by atoms with Gasteiger partial charge in [0.25, 0.3) is 5.91 Å². The van der Waals surface area contributed by atoms with Crippen molar-refractivity contribution < 1.29 is 18.8 Å².